The second-order valence-corrected chi connectivity index (χ2v) is 8.20. The average molecular weight is 506 g/mol. The van der Waals surface area contributed by atoms with Crippen molar-refractivity contribution in [3.63, 3.8) is 0 Å². The number of carbonyl (C=O) groups is 6. The van der Waals surface area contributed by atoms with Gasteiger partial charge in [-0.15, -0.1) is 0 Å². The van der Waals surface area contributed by atoms with Crippen molar-refractivity contribution < 1.29 is 57.2 Å². The molecule has 0 saturated carbocycles. The summed E-state index contributed by atoms with van der Waals surface area (Å²) in [5, 5.41) is 0. The number of hydrogen-bond acceptors (Lipinski definition) is 12. The molecule has 0 fully saturated rings. The van der Waals surface area contributed by atoms with Gasteiger partial charge in [0.25, 0.3) is 0 Å². The largest absolute Gasteiger partial charge is 0.493 e. The lowest BCUT2D eigenvalue weighted by atomic mass is 9.66. The van der Waals surface area contributed by atoms with Gasteiger partial charge in [0, 0.05) is 11.8 Å². The highest BCUT2D eigenvalue weighted by molar-refractivity contribution is 6.17. The second kappa shape index (κ2) is 10.3. The van der Waals surface area contributed by atoms with Crippen LogP contribution in [-0.2, 0) is 47.7 Å². The predicted molar refractivity (Wildman–Crippen MR) is 117 cm³/mol. The lowest BCUT2D eigenvalue weighted by molar-refractivity contribution is -0.164. The molecule has 4 atom stereocenters. The minimum absolute atomic E-state index is 0.142. The van der Waals surface area contributed by atoms with E-state index in [9.17, 15) is 28.8 Å². The standard InChI is InChI=1S/C24H26O12/c1-31-11-7-9-10(8-12(11)32-2)14-17(23(29)35-5)19(25)15(21(27)33-3)13(9)16(22(28)34-4)20(26)18(14)24(30)36-6/h7-8,13-18H,1-6H3. The normalized spacial score (nSPS) is 26.6. The molecular formula is C24H26O12. The quantitative estimate of drug-likeness (QED) is 0.293. The van der Waals surface area contributed by atoms with Gasteiger partial charge in [0.15, 0.2) is 23.1 Å². The Morgan fingerprint density at radius 1 is 0.528 bits per heavy atom. The molecule has 2 aliphatic rings. The van der Waals surface area contributed by atoms with Crippen molar-refractivity contribution in [1.82, 2.24) is 0 Å². The lowest BCUT2D eigenvalue weighted by Crippen LogP contribution is -2.51. The van der Waals surface area contributed by atoms with Gasteiger partial charge in [0.1, 0.15) is 23.7 Å². The molecular weight excluding hydrogens is 480 g/mol. The molecule has 0 heterocycles. The number of methoxy groups -OCH3 is 6. The molecule has 2 aliphatic carbocycles. The van der Waals surface area contributed by atoms with Crippen LogP contribution in [0.25, 0.3) is 0 Å². The number of hydrogen-bond donors (Lipinski definition) is 0. The summed E-state index contributed by atoms with van der Waals surface area (Å²) >= 11 is 0. The molecule has 1 aromatic carbocycles. The van der Waals surface area contributed by atoms with Crippen LogP contribution in [-0.4, -0.2) is 78.1 Å². The first-order valence-electron chi connectivity index (χ1n) is 10.8. The maximum Gasteiger partial charge on any atom is 0.316 e. The highest BCUT2D eigenvalue weighted by Gasteiger charge is 2.63. The van der Waals surface area contributed by atoms with Crippen LogP contribution in [0.4, 0.5) is 0 Å². The highest BCUT2D eigenvalue weighted by Crippen LogP contribution is 2.55. The molecule has 0 spiro atoms. The molecule has 3 rings (SSSR count). The van der Waals surface area contributed by atoms with Crippen molar-refractivity contribution in [2.45, 2.75) is 11.8 Å². The van der Waals surface area contributed by atoms with E-state index in [0.29, 0.717) is 0 Å². The molecule has 12 heteroatoms. The summed E-state index contributed by atoms with van der Waals surface area (Å²) in [6, 6.07) is 2.80. The van der Waals surface area contributed by atoms with Crippen molar-refractivity contribution >= 4 is 35.4 Å². The van der Waals surface area contributed by atoms with E-state index in [-0.39, 0.29) is 22.6 Å². The molecule has 0 radical (unpaired) electrons. The summed E-state index contributed by atoms with van der Waals surface area (Å²) < 4.78 is 30.2. The maximum atomic E-state index is 13.9. The number of Topliss-reactive ketones (excluding diaryl/α,β-unsaturated/α-hetero) is 2. The fourth-order valence-corrected chi connectivity index (χ4v) is 5.24. The van der Waals surface area contributed by atoms with Crippen LogP contribution in [0.5, 0.6) is 11.5 Å². The van der Waals surface area contributed by atoms with E-state index in [1.165, 1.54) is 26.4 Å². The fraction of sp³-hybridized carbons (Fsp3) is 0.500. The highest BCUT2D eigenvalue weighted by atomic mass is 16.5. The first kappa shape index (κ1) is 26.6. The van der Waals surface area contributed by atoms with Crippen LogP contribution in [0.15, 0.2) is 12.1 Å². The first-order valence-corrected chi connectivity index (χ1v) is 10.8. The zero-order valence-corrected chi connectivity index (χ0v) is 20.5. The second-order valence-electron chi connectivity index (χ2n) is 8.20. The van der Waals surface area contributed by atoms with Crippen LogP contribution in [0.1, 0.15) is 23.0 Å². The van der Waals surface area contributed by atoms with Gasteiger partial charge in [0.05, 0.1) is 42.7 Å². The van der Waals surface area contributed by atoms with Crippen molar-refractivity contribution in [1.29, 1.82) is 0 Å². The summed E-state index contributed by atoms with van der Waals surface area (Å²) in [6.07, 6.45) is 0. The van der Waals surface area contributed by atoms with Gasteiger partial charge in [0.2, 0.25) is 0 Å². The van der Waals surface area contributed by atoms with Gasteiger partial charge in [-0.2, -0.15) is 0 Å². The molecule has 194 valence electrons. The van der Waals surface area contributed by atoms with Crippen LogP contribution >= 0.6 is 0 Å². The molecule has 0 aliphatic heterocycles. The Kier molecular flexibility index (Phi) is 7.65. The zero-order valence-electron chi connectivity index (χ0n) is 20.5. The Morgan fingerprint density at radius 3 is 0.972 bits per heavy atom. The van der Waals surface area contributed by atoms with Gasteiger partial charge in [-0.05, 0) is 23.3 Å². The molecule has 0 aromatic heterocycles. The Bertz CT molecular complexity index is 983. The smallest absolute Gasteiger partial charge is 0.316 e. The third-order valence-electron chi connectivity index (χ3n) is 6.79. The van der Waals surface area contributed by atoms with E-state index in [1.807, 2.05) is 0 Å². The van der Waals surface area contributed by atoms with Gasteiger partial charge < -0.3 is 28.4 Å². The minimum atomic E-state index is -1.78. The minimum Gasteiger partial charge on any atom is -0.493 e. The van der Waals surface area contributed by atoms with E-state index in [0.717, 1.165) is 28.4 Å². The van der Waals surface area contributed by atoms with Gasteiger partial charge in [-0.3, -0.25) is 28.8 Å². The van der Waals surface area contributed by atoms with Crippen LogP contribution < -0.4 is 9.47 Å². The Balaban J connectivity index is 2.57. The molecule has 12 nitrogen and oxygen atoms in total. The van der Waals surface area contributed by atoms with E-state index < -0.39 is 71.0 Å². The average Bonchev–Trinajstić information content (AvgIpc) is 3.05. The van der Waals surface area contributed by atoms with E-state index in [4.69, 9.17) is 28.4 Å². The molecule has 1 aromatic rings. The predicted octanol–water partition coefficient (Wildman–Crippen LogP) is 0.193. The van der Waals surface area contributed by atoms with Gasteiger partial charge in [-0.25, -0.2) is 0 Å². The lowest BCUT2D eigenvalue weighted by Gasteiger charge is -2.34. The van der Waals surface area contributed by atoms with Crippen LogP contribution in [0, 0.1) is 23.7 Å². The molecule has 0 amide bonds. The van der Waals surface area contributed by atoms with E-state index >= 15 is 0 Å². The van der Waals surface area contributed by atoms with Crippen LogP contribution in [0.3, 0.4) is 0 Å². The summed E-state index contributed by atoms with van der Waals surface area (Å²) in [5.74, 6) is -16.1. The zero-order chi connectivity index (χ0) is 26.9. The Hall–Kier alpha value is -3.96. The number of rotatable bonds is 6. The van der Waals surface area contributed by atoms with Gasteiger partial charge >= 0.3 is 23.9 Å². The fourth-order valence-electron chi connectivity index (χ4n) is 5.24. The number of ketones is 2. The van der Waals surface area contributed by atoms with Crippen molar-refractivity contribution in [2.24, 2.45) is 23.7 Å². The topological polar surface area (TPSA) is 158 Å². The molecule has 36 heavy (non-hydrogen) atoms. The molecule has 4 unspecified atom stereocenters. The van der Waals surface area contributed by atoms with E-state index in [2.05, 4.69) is 0 Å². The molecule has 0 saturated heterocycles. The number of benzene rings is 1. The molecule has 2 bridgehead atoms. The Morgan fingerprint density at radius 2 is 0.778 bits per heavy atom. The van der Waals surface area contributed by atoms with E-state index in [1.54, 1.807) is 0 Å². The SMILES string of the molecule is COC(=O)C1C(=O)C(C(=O)OC)C2c3cc(OC)c(OC)cc3C1C(C(=O)OC)C(=O)C2C(=O)OC. The monoisotopic (exact) mass is 506 g/mol. The van der Waals surface area contributed by atoms with Crippen LogP contribution in [0.2, 0.25) is 0 Å². The third-order valence-corrected chi connectivity index (χ3v) is 6.79. The summed E-state index contributed by atoms with van der Waals surface area (Å²) in [6.45, 7) is 0. The molecule has 0 N–H and O–H groups in total. The third kappa shape index (κ3) is 3.95. The number of ether oxygens (including phenoxy) is 6. The first-order chi connectivity index (χ1) is 17.1. The maximum absolute atomic E-state index is 13.9. The summed E-state index contributed by atoms with van der Waals surface area (Å²) in [4.78, 5) is 79.8. The van der Waals surface area contributed by atoms with Gasteiger partial charge in [-0.1, -0.05) is 0 Å². The number of carbonyl (C=O) groups excluding carboxylic acids is 6. The van der Waals surface area contributed by atoms with Crippen molar-refractivity contribution in [2.75, 3.05) is 42.7 Å². The van der Waals surface area contributed by atoms with Crippen molar-refractivity contribution in [3.05, 3.63) is 23.3 Å². The summed E-state index contributed by atoms with van der Waals surface area (Å²) in [7, 11) is 6.78. The number of esters is 4. The summed E-state index contributed by atoms with van der Waals surface area (Å²) in [5.41, 5.74) is 0.283. The van der Waals surface area contributed by atoms with Crippen molar-refractivity contribution in [3.8, 4) is 11.5 Å². The Labute approximate surface area is 206 Å².